The molecule has 0 radical (unpaired) electrons. The normalized spacial score (nSPS) is 11.4. The van der Waals surface area contributed by atoms with Gasteiger partial charge in [-0.3, -0.25) is 9.59 Å². The van der Waals surface area contributed by atoms with Crippen LogP contribution in [-0.2, 0) is 19.1 Å². The SMILES string of the molecule is CC(C)OC(=O)C(C(=O)OC(C)C)C(C)C. The Morgan fingerprint density at radius 2 is 1.06 bits per heavy atom. The van der Waals surface area contributed by atoms with Gasteiger partial charge in [-0.1, -0.05) is 13.8 Å². The van der Waals surface area contributed by atoms with Crippen molar-refractivity contribution in [2.45, 2.75) is 53.8 Å². The maximum absolute atomic E-state index is 11.7. The molecule has 0 aromatic carbocycles. The molecule has 0 N–H and O–H groups in total. The van der Waals surface area contributed by atoms with Crippen molar-refractivity contribution in [1.29, 1.82) is 0 Å². The number of hydrogen-bond donors (Lipinski definition) is 0. The monoisotopic (exact) mass is 230 g/mol. The van der Waals surface area contributed by atoms with Crippen LogP contribution >= 0.6 is 0 Å². The van der Waals surface area contributed by atoms with Crippen LogP contribution in [0.2, 0.25) is 0 Å². The smallest absolute Gasteiger partial charge is 0.320 e. The average molecular weight is 230 g/mol. The van der Waals surface area contributed by atoms with E-state index >= 15 is 0 Å². The van der Waals surface area contributed by atoms with Crippen LogP contribution in [0.25, 0.3) is 0 Å². The third kappa shape index (κ3) is 5.14. The molecule has 0 rings (SSSR count). The van der Waals surface area contributed by atoms with Gasteiger partial charge in [0.2, 0.25) is 0 Å². The molecular weight excluding hydrogens is 208 g/mol. The maximum Gasteiger partial charge on any atom is 0.320 e. The molecule has 0 heterocycles. The summed E-state index contributed by atoms with van der Waals surface area (Å²) in [5.74, 6) is -1.96. The van der Waals surface area contributed by atoms with E-state index in [1.807, 2.05) is 0 Å². The predicted octanol–water partition coefficient (Wildman–Crippen LogP) is 2.16. The first-order chi connectivity index (χ1) is 7.25. The zero-order valence-electron chi connectivity index (χ0n) is 10.9. The molecule has 0 aromatic rings. The Morgan fingerprint density at radius 1 is 0.750 bits per heavy atom. The fourth-order valence-electron chi connectivity index (χ4n) is 1.25. The van der Waals surface area contributed by atoms with Gasteiger partial charge in [-0.15, -0.1) is 0 Å². The lowest BCUT2D eigenvalue weighted by atomic mass is 9.96. The van der Waals surface area contributed by atoms with Crippen molar-refractivity contribution in [1.82, 2.24) is 0 Å². The Labute approximate surface area is 97.3 Å². The molecule has 0 amide bonds. The molecule has 4 nitrogen and oxygen atoms in total. The van der Waals surface area contributed by atoms with E-state index in [0.717, 1.165) is 0 Å². The van der Waals surface area contributed by atoms with Gasteiger partial charge in [0, 0.05) is 0 Å². The highest BCUT2D eigenvalue weighted by atomic mass is 16.6. The Morgan fingerprint density at radius 3 is 1.25 bits per heavy atom. The molecule has 0 spiro atoms. The van der Waals surface area contributed by atoms with Gasteiger partial charge < -0.3 is 9.47 Å². The second kappa shape index (κ2) is 6.51. The lowest BCUT2D eigenvalue weighted by Gasteiger charge is -2.20. The van der Waals surface area contributed by atoms with E-state index in [1.165, 1.54) is 0 Å². The van der Waals surface area contributed by atoms with Crippen LogP contribution in [0, 0.1) is 11.8 Å². The lowest BCUT2D eigenvalue weighted by Crippen LogP contribution is -2.34. The summed E-state index contributed by atoms with van der Waals surface area (Å²) in [5, 5.41) is 0. The van der Waals surface area contributed by atoms with Crippen LogP contribution in [0.15, 0.2) is 0 Å². The van der Waals surface area contributed by atoms with Gasteiger partial charge in [0.25, 0.3) is 0 Å². The number of hydrogen-bond acceptors (Lipinski definition) is 4. The Hall–Kier alpha value is -1.06. The molecule has 0 aromatic heterocycles. The van der Waals surface area contributed by atoms with Crippen molar-refractivity contribution in [3.63, 3.8) is 0 Å². The molecule has 0 saturated heterocycles. The maximum atomic E-state index is 11.7. The summed E-state index contributed by atoms with van der Waals surface area (Å²) < 4.78 is 10.1. The van der Waals surface area contributed by atoms with E-state index in [2.05, 4.69) is 0 Å². The van der Waals surface area contributed by atoms with Crippen LogP contribution < -0.4 is 0 Å². The van der Waals surface area contributed by atoms with Gasteiger partial charge in [0.1, 0.15) is 0 Å². The van der Waals surface area contributed by atoms with Crippen LogP contribution in [0.4, 0.5) is 0 Å². The molecule has 0 aliphatic carbocycles. The van der Waals surface area contributed by atoms with Gasteiger partial charge in [0.05, 0.1) is 12.2 Å². The van der Waals surface area contributed by atoms with Crippen LogP contribution in [0.5, 0.6) is 0 Å². The minimum Gasteiger partial charge on any atom is -0.462 e. The highest BCUT2D eigenvalue weighted by Gasteiger charge is 2.33. The summed E-state index contributed by atoms with van der Waals surface area (Å²) in [7, 11) is 0. The van der Waals surface area contributed by atoms with Crippen LogP contribution in [0.3, 0.4) is 0 Å². The molecule has 0 aliphatic heterocycles. The second-order valence-electron chi connectivity index (χ2n) is 4.69. The molecule has 0 saturated carbocycles. The number of carbonyl (C=O) groups is 2. The van der Waals surface area contributed by atoms with Gasteiger partial charge in [-0.25, -0.2) is 0 Å². The summed E-state index contributed by atoms with van der Waals surface area (Å²) >= 11 is 0. The summed E-state index contributed by atoms with van der Waals surface area (Å²) in [6.07, 6.45) is -0.443. The largest absolute Gasteiger partial charge is 0.462 e. The van der Waals surface area contributed by atoms with E-state index in [-0.39, 0.29) is 18.1 Å². The van der Waals surface area contributed by atoms with Crippen molar-refractivity contribution in [3.8, 4) is 0 Å². The predicted molar refractivity (Wildman–Crippen MR) is 60.8 cm³/mol. The zero-order chi connectivity index (χ0) is 12.9. The zero-order valence-corrected chi connectivity index (χ0v) is 10.9. The second-order valence-corrected chi connectivity index (χ2v) is 4.69. The van der Waals surface area contributed by atoms with Gasteiger partial charge in [-0.05, 0) is 33.6 Å². The van der Waals surface area contributed by atoms with E-state index in [9.17, 15) is 9.59 Å². The Balaban J connectivity index is 4.60. The number of carbonyl (C=O) groups excluding carboxylic acids is 2. The minimum atomic E-state index is -0.829. The fraction of sp³-hybridized carbons (Fsp3) is 0.833. The van der Waals surface area contributed by atoms with Crippen molar-refractivity contribution in [2.75, 3.05) is 0 Å². The quantitative estimate of drug-likeness (QED) is 0.536. The summed E-state index contributed by atoms with van der Waals surface area (Å²) in [6, 6.07) is 0. The first-order valence-electron chi connectivity index (χ1n) is 5.66. The average Bonchev–Trinajstić information content (AvgIpc) is 1.98. The Bertz CT molecular complexity index is 221. The molecule has 94 valence electrons. The van der Waals surface area contributed by atoms with Gasteiger partial charge in [-0.2, -0.15) is 0 Å². The van der Waals surface area contributed by atoms with E-state index in [4.69, 9.17) is 9.47 Å². The highest BCUT2D eigenvalue weighted by Crippen LogP contribution is 2.16. The first-order valence-corrected chi connectivity index (χ1v) is 5.66. The first kappa shape index (κ1) is 14.9. The van der Waals surface area contributed by atoms with E-state index in [0.29, 0.717) is 0 Å². The molecular formula is C12H22O4. The molecule has 0 atom stereocenters. The van der Waals surface area contributed by atoms with Crippen LogP contribution in [-0.4, -0.2) is 24.1 Å². The van der Waals surface area contributed by atoms with E-state index < -0.39 is 17.9 Å². The Kier molecular flexibility index (Phi) is 6.08. The third-order valence-electron chi connectivity index (χ3n) is 1.88. The number of rotatable bonds is 5. The standard InChI is InChI=1S/C12H22O4/c1-7(2)10(11(13)15-8(3)4)12(14)16-9(5)6/h7-10H,1-6H3. The molecule has 0 unspecified atom stereocenters. The lowest BCUT2D eigenvalue weighted by molar-refractivity contribution is -0.168. The molecule has 4 heteroatoms. The topological polar surface area (TPSA) is 52.6 Å². The van der Waals surface area contributed by atoms with E-state index in [1.54, 1.807) is 41.5 Å². The van der Waals surface area contributed by atoms with Gasteiger partial charge >= 0.3 is 11.9 Å². The fourth-order valence-corrected chi connectivity index (χ4v) is 1.25. The molecule has 0 aliphatic rings. The third-order valence-corrected chi connectivity index (χ3v) is 1.88. The molecule has 0 bridgehead atoms. The molecule has 16 heavy (non-hydrogen) atoms. The van der Waals surface area contributed by atoms with Crippen molar-refractivity contribution in [3.05, 3.63) is 0 Å². The minimum absolute atomic E-state index is 0.127. The van der Waals surface area contributed by atoms with Crippen LogP contribution in [0.1, 0.15) is 41.5 Å². The number of ether oxygens (including phenoxy) is 2. The summed E-state index contributed by atoms with van der Waals surface area (Å²) in [5.41, 5.74) is 0. The summed E-state index contributed by atoms with van der Waals surface area (Å²) in [4.78, 5) is 23.4. The van der Waals surface area contributed by atoms with Gasteiger partial charge in [0.15, 0.2) is 5.92 Å². The van der Waals surface area contributed by atoms with Crippen molar-refractivity contribution >= 4 is 11.9 Å². The van der Waals surface area contributed by atoms with Crippen molar-refractivity contribution in [2.24, 2.45) is 11.8 Å². The van der Waals surface area contributed by atoms with Crippen molar-refractivity contribution < 1.29 is 19.1 Å². The number of esters is 2. The summed E-state index contributed by atoms with van der Waals surface area (Å²) in [6.45, 7) is 10.6. The highest BCUT2D eigenvalue weighted by molar-refractivity contribution is 5.95. The molecule has 0 fully saturated rings.